The van der Waals surface area contributed by atoms with Crippen molar-refractivity contribution in [3.8, 4) is 0 Å². The third-order valence-electron chi connectivity index (χ3n) is 4.00. The van der Waals surface area contributed by atoms with Crippen LogP contribution in [0.1, 0.15) is 11.1 Å². The van der Waals surface area contributed by atoms with E-state index in [4.69, 9.17) is 4.74 Å². The summed E-state index contributed by atoms with van der Waals surface area (Å²) in [5, 5.41) is 1.26. The third kappa shape index (κ3) is 4.54. The summed E-state index contributed by atoms with van der Waals surface area (Å²) in [7, 11) is -3.39. The van der Waals surface area contributed by atoms with Gasteiger partial charge in [-0.3, -0.25) is 4.90 Å². The maximum absolute atomic E-state index is 12.2. The fraction of sp³-hybridized carbons (Fsp3) is 0.263. The van der Waals surface area contributed by atoms with Gasteiger partial charge in [0.15, 0.2) is 9.84 Å². The fourth-order valence-corrected chi connectivity index (χ4v) is 3.64. The number of hydrogen-bond donors (Lipinski definition) is 0. The topological polar surface area (TPSA) is 46.6 Å². The van der Waals surface area contributed by atoms with Gasteiger partial charge in [-0.05, 0) is 29.3 Å². The van der Waals surface area contributed by atoms with Gasteiger partial charge in [0.2, 0.25) is 0 Å². The molecule has 2 aromatic rings. The molecule has 24 heavy (non-hydrogen) atoms. The zero-order valence-corrected chi connectivity index (χ0v) is 14.3. The molecule has 0 aromatic heterocycles. The van der Waals surface area contributed by atoms with Gasteiger partial charge < -0.3 is 4.74 Å². The summed E-state index contributed by atoms with van der Waals surface area (Å²) in [6, 6.07) is 16.4. The van der Waals surface area contributed by atoms with Crippen molar-refractivity contribution in [2.45, 2.75) is 11.4 Å². The molecular formula is C19H21NO3S. The molecule has 5 heteroatoms. The van der Waals surface area contributed by atoms with E-state index in [1.54, 1.807) is 36.4 Å². The van der Waals surface area contributed by atoms with Gasteiger partial charge in [0.1, 0.15) is 0 Å². The maximum Gasteiger partial charge on any atom is 0.199 e. The predicted molar refractivity (Wildman–Crippen MR) is 95.2 cm³/mol. The lowest BCUT2D eigenvalue weighted by atomic mass is 10.1. The van der Waals surface area contributed by atoms with Gasteiger partial charge in [-0.1, -0.05) is 42.5 Å². The van der Waals surface area contributed by atoms with Crippen LogP contribution in [0.4, 0.5) is 0 Å². The summed E-state index contributed by atoms with van der Waals surface area (Å²) in [4.78, 5) is 2.67. The Morgan fingerprint density at radius 2 is 1.62 bits per heavy atom. The molecule has 1 heterocycles. The highest BCUT2D eigenvalue weighted by molar-refractivity contribution is 7.94. The van der Waals surface area contributed by atoms with Crippen LogP contribution in [-0.4, -0.2) is 39.6 Å². The molecule has 0 aliphatic carbocycles. The number of hydrogen-bond acceptors (Lipinski definition) is 4. The van der Waals surface area contributed by atoms with Crippen molar-refractivity contribution in [2.75, 3.05) is 26.3 Å². The fourth-order valence-electron chi connectivity index (χ4n) is 2.61. The first-order valence-electron chi connectivity index (χ1n) is 8.01. The Balaban J connectivity index is 1.65. The Morgan fingerprint density at radius 1 is 0.958 bits per heavy atom. The van der Waals surface area contributed by atoms with E-state index in [1.165, 1.54) is 11.0 Å². The van der Waals surface area contributed by atoms with Crippen molar-refractivity contribution < 1.29 is 13.2 Å². The van der Waals surface area contributed by atoms with Gasteiger partial charge in [-0.15, -0.1) is 0 Å². The average molecular weight is 343 g/mol. The highest BCUT2D eigenvalue weighted by Gasteiger charge is 2.11. The van der Waals surface area contributed by atoms with Crippen LogP contribution in [-0.2, 0) is 21.1 Å². The Morgan fingerprint density at radius 3 is 2.29 bits per heavy atom. The quantitative estimate of drug-likeness (QED) is 0.837. The zero-order valence-electron chi connectivity index (χ0n) is 13.5. The highest BCUT2D eigenvalue weighted by Crippen LogP contribution is 2.15. The van der Waals surface area contributed by atoms with Crippen molar-refractivity contribution in [1.29, 1.82) is 0 Å². The summed E-state index contributed by atoms with van der Waals surface area (Å²) in [5.41, 5.74) is 2.10. The summed E-state index contributed by atoms with van der Waals surface area (Å²) >= 11 is 0. The molecule has 0 atom stereocenters. The molecule has 0 amide bonds. The minimum Gasteiger partial charge on any atom is -0.379 e. The molecular weight excluding hydrogens is 322 g/mol. The van der Waals surface area contributed by atoms with Crippen LogP contribution in [0.15, 0.2) is 64.9 Å². The molecule has 0 N–H and O–H groups in total. The highest BCUT2D eigenvalue weighted by atomic mass is 32.2. The lowest BCUT2D eigenvalue weighted by Crippen LogP contribution is -2.35. The smallest absolute Gasteiger partial charge is 0.199 e. The van der Waals surface area contributed by atoms with Crippen LogP contribution >= 0.6 is 0 Å². The normalized spacial score (nSPS) is 16.5. The van der Waals surface area contributed by atoms with Crippen molar-refractivity contribution in [3.63, 3.8) is 0 Å². The van der Waals surface area contributed by atoms with Gasteiger partial charge >= 0.3 is 0 Å². The minimum absolute atomic E-state index is 0.310. The first-order valence-corrected chi connectivity index (χ1v) is 9.55. The van der Waals surface area contributed by atoms with Gasteiger partial charge in [0.05, 0.1) is 18.1 Å². The lowest BCUT2D eigenvalue weighted by molar-refractivity contribution is 0.0342. The number of rotatable bonds is 5. The molecule has 2 aromatic carbocycles. The van der Waals surface area contributed by atoms with E-state index in [2.05, 4.69) is 4.90 Å². The van der Waals surface area contributed by atoms with Crippen LogP contribution in [0.25, 0.3) is 6.08 Å². The van der Waals surface area contributed by atoms with Gasteiger partial charge in [-0.2, -0.15) is 0 Å². The molecule has 0 spiro atoms. The monoisotopic (exact) mass is 343 g/mol. The number of nitrogens with zero attached hydrogens (tertiary/aromatic N) is 1. The molecule has 0 radical (unpaired) electrons. The van der Waals surface area contributed by atoms with E-state index in [0.29, 0.717) is 4.90 Å². The second-order valence-corrected chi connectivity index (χ2v) is 7.62. The van der Waals surface area contributed by atoms with E-state index < -0.39 is 9.84 Å². The van der Waals surface area contributed by atoms with E-state index in [1.807, 2.05) is 24.3 Å². The third-order valence-corrected chi connectivity index (χ3v) is 5.42. The molecule has 1 aliphatic rings. The van der Waals surface area contributed by atoms with Crippen LogP contribution in [0.3, 0.4) is 0 Å². The average Bonchev–Trinajstić information content (AvgIpc) is 2.63. The molecule has 126 valence electrons. The molecule has 1 fully saturated rings. The second kappa shape index (κ2) is 7.75. The summed E-state index contributed by atoms with van der Waals surface area (Å²) in [6.45, 7) is 4.39. The Bertz CT molecular complexity index is 777. The standard InChI is InChI=1S/C19H21NO3S/c21-24(22,19-4-2-1-3-5-19)15-10-17-6-8-18(9-7-17)16-20-11-13-23-14-12-20/h1-10,15H,11-14,16H2/b15-10+. The number of ether oxygens (including phenoxy) is 1. The molecule has 4 nitrogen and oxygen atoms in total. The molecule has 1 saturated heterocycles. The van der Waals surface area contributed by atoms with Gasteiger partial charge in [0, 0.05) is 25.0 Å². The SMILES string of the molecule is O=S(=O)(/C=C/c1ccc(CN2CCOCC2)cc1)c1ccccc1. The van der Waals surface area contributed by atoms with E-state index >= 15 is 0 Å². The number of morpholine rings is 1. The van der Waals surface area contributed by atoms with Crippen molar-refractivity contribution in [2.24, 2.45) is 0 Å². The molecule has 0 saturated carbocycles. The molecule has 3 rings (SSSR count). The van der Waals surface area contributed by atoms with Crippen molar-refractivity contribution in [3.05, 3.63) is 71.1 Å². The van der Waals surface area contributed by atoms with Crippen LogP contribution in [0, 0.1) is 0 Å². The summed E-state index contributed by atoms with van der Waals surface area (Å²) < 4.78 is 29.8. The number of sulfone groups is 1. The van der Waals surface area contributed by atoms with Gasteiger partial charge in [-0.25, -0.2) is 8.42 Å². The van der Waals surface area contributed by atoms with E-state index in [9.17, 15) is 8.42 Å². The predicted octanol–water partition coefficient (Wildman–Crippen LogP) is 2.96. The summed E-state index contributed by atoms with van der Waals surface area (Å²) in [6.07, 6.45) is 1.64. The van der Waals surface area contributed by atoms with E-state index in [0.717, 1.165) is 38.4 Å². The molecule has 1 aliphatic heterocycles. The van der Waals surface area contributed by atoms with Gasteiger partial charge in [0.25, 0.3) is 0 Å². The second-order valence-electron chi connectivity index (χ2n) is 5.79. The van der Waals surface area contributed by atoms with Crippen LogP contribution in [0.2, 0.25) is 0 Å². The Kier molecular flexibility index (Phi) is 5.45. The lowest BCUT2D eigenvalue weighted by Gasteiger charge is -2.26. The first kappa shape index (κ1) is 16.9. The maximum atomic E-state index is 12.2. The first-order chi connectivity index (χ1) is 11.6. The zero-order chi connectivity index (χ0) is 16.8. The largest absolute Gasteiger partial charge is 0.379 e. The van der Waals surface area contributed by atoms with Crippen LogP contribution < -0.4 is 0 Å². The van der Waals surface area contributed by atoms with Crippen LogP contribution in [0.5, 0.6) is 0 Å². The number of benzene rings is 2. The Hall–Kier alpha value is -1.95. The summed E-state index contributed by atoms with van der Waals surface area (Å²) in [5.74, 6) is 0. The Labute approximate surface area is 143 Å². The van der Waals surface area contributed by atoms with Crippen molar-refractivity contribution in [1.82, 2.24) is 4.90 Å². The molecule has 0 bridgehead atoms. The van der Waals surface area contributed by atoms with E-state index in [-0.39, 0.29) is 0 Å². The minimum atomic E-state index is -3.39. The molecule has 0 unspecified atom stereocenters. The van der Waals surface area contributed by atoms with Crippen molar-refractivity contribution >= 4 is 15.9 Å².